The molecule has 0 fully saturated rings. The summed E-state index contributed by atoms with van der Waals surface area (Å²) in [5, 5.41) is 2.83. The van der Waals surface area contributed by atoms with Gasteiger partial charge in [0.05, 0.1) is 16.8 Å². The van der Waals surface area contributed by atoms with Crippen LogP contribution in [0.1, 0.15) is 74.2 Å². The lowest BCUT2D eigenvalue weighted by atomic mass is 10.1. The molecule has 34 heavy (non-hydrogen) atoms. The highest BCUT2D eigenvalue weighted by Gasteiger charge is 2.30. The highest BCUT2D eigenvalue weighted by molar-refractivity contribution is 5.96. The Morgan fingerprint density at radius 1 is 0.853 bits per heavy atom. The number of hydrogen-bond acceptors (Lipinski definition) is 5. The molecule has 0 heterocycles. The number of alkyl halides is 3. The second kappa shape index (κ2) is 14.3. The maximum Gasteiger partial charge on any atom is 0.416 e. The number of hydrogen-bond donors (Lipinski definition) is 1. The number of carbonyl (C=O) groups excluding carboxylic acids is 2. The van der Waals surface area contributed by atoms with Crippen LogP contribution in [-0.4, -0.2) is 25.2 Å². The number of carbonyl (C=O) groups is 2. The number of benzene rings is 2. The molecule has 8 heteroatoms. The number of para-hydroxylation sites is 1. The maximum atomic E-state index is 13.0. The van der Waals surface area contributed by atoms with Crippen LogP contribution in [0.5, 0.6) is 0 Å². The molecule has 5 nitrogen and oxygen atoms in total. The zero-order valence-electron chi connectivity index (χ0n) is 19.5. The fourth-order valence-corrected chi connectivity index (χ4v) is 3.37. The number of ether oxygens (including phenoxy) is 2. The Kier molecular flexibility index (Phi) is 11.4. The molecule has 0 bridgehead atoms. The Bertz CT molecular complexity index is 915. The Balaban J connectivity index is 1.76. The summed E-state index contributed by atoms with van der Waals surface area (Å²) in [5.74, 6) is -0.991. The smallest absolute Gasteiger partial charge is 0.416 e. The number of esters is 2. The molecule has 0 atom stereocenters. The fourth-order valence-electron chi connectivity index (χ4n) is 3.37. The van der Waals surface area contributed by atoms with Crippen molar-refractivity contribution in [1.82, 2.24) is 0 Å². The molecule has 2 aromatic rings. The van der Waals surface area contributed by atoms with Crippen LogP contribution in [0.25, 0.3) is 0 Å². The van der Waals surface area contributed by atoms with E-state index in [1.54, 1.807) is 18.2 Å². The van der Waals surface area contributed by atoms with Gasteiger partial charge < -0.3 is 14.8 Å². The zero-order valence-corrected chi connectivity index (χ0v) is 19.5. The summed E-state index contributed by atoms with van der Waals surface area (Å²) < 4.78 is 49.1. The molecule has 1 N–H and O–H groups in total. The first-order valence-corrected chi connectivity index (χ1v) is 11.7. The molecule has 0 aliphatic heterocycles. The van der Waals surface area contributed by atoms with Gasteiger partial charge in [-0.1, -0.05) is 63.6 Å². The van der Waals surface area contributed by atoms with Crippen LogP contribution in [0.2, 0.25) is 0 Å². The van der Waals surface area contributed by atoms with Crippen molar-refractivity contribution in [3.63, 3.8) is 0 Å². The SMILES string of the molecule is CCCCCCCCCC(=O)OCCOC(=O)c1ccccc1Nc1cccc(C(F)(F)F)c1. The quantitative estimate of drug-likeness (QED) is 0.228. The monoisotopic (exact) mass is 479 g/mol. The minimum absolute atomic E-state index is 0.0513. The van der Waals surface area contributed by atoms with E-state index in [4.69, 9.17) is 9.47 Å². The van der Waals surface area contributed by atoms with Crippen molar-refractivity contribution in [3.05, 3.63) is 59.7 Å². The number of nitrogens with one attached hydrogen (secondary N) is 1. The van der Waals surface area contributed by atoms with Crippen LogP contribution < -0.4 is 5.32 Å². The van der Waals surface area contributed by atoms with Gasteiger partial charge in [0.25, 0.3) is 0 Å². The third kappa shape index (κ3) is 9.85. The van der Waals surface area contributed by atoms with E-state index in [1.165, 1.54) is 43.9 Å². The van der Waals surface area contributed by atoms with Crippen molar-refractivity contribution in [2.75, 3.05) is 18.5 Å². The molecule has 0 amide bonds. The van der Waals surface area contributed by atoms with Crippen LogP contribution in [-0.2, 0) is 20.4 Å². The number of rotatable bonds is 14. The largest absolute Gasteiger partial charge is 0.462 e. The molecule has 2 rings (SSSR count). The maximum absolute atomic E-state index is 13.0. The van der Waals surface area contributed by atoms with E-state index in [9.17, 15) is 22.8 Å². The molecule has 0 spiro atoms. The first kappa shape index (κ1) is 27.2. The number of anilines is 2. The molecule has 0 aromatic heterocycles. The van der Waals surface area contributed by atoms with Crippen molar-refractivity contribution in [2.45, 2.75) is 64.5 Å². The van der Waals surface area contributed by atoms with E-state index in [2.05, 4.69) is 12.2 Å². The molecular weight excluding hydrogens is 447 g/mol. The van der Waals surface area contributed by atoms with E-state index >= 15 is 0 Å². The van der Waals surface area contributed by atoms with Gasteiger partial charge in [0.2, 0.25) is 0 Å². The van der Waals surface area contributed by atoms with Crippen molar-refractivity contribution in [2.24, 2.45) is 0 Å². The van der Waals surface area contributed by atoms with E-state index in [0.717, 1.165) is 31.4 Å². The number of unbranched alkanes of at least 4 members (excludes halogenated alkanes) is 6. The topological polar surface area (TPSA) is 64.6 Å². The van der Waals surface area contributed by atoms with E-state index in [0.29, 0.717) is 12.1 Å². The van der Waals surface area contributed by atoms with Gasteiger partial charge in [-0.3, -0.25) is 4.79 Å². The van der Waals surface area contributed by atoms with Gasteiger partial charge in [-0.05, 0) is 36.8 Å². The van der Waals surface area contributed by atoms with Crippen LogP contribution >= 0.6 is 0 Å². The van der Waals surface area contributed by atoms with Crippen molar-refractivity contribution in [3.8, 4) is 0 Å². The molecule has 0 saturated carbocycles. The number of halogens is 3. The average molecular weight is 480 g/mol. The third-order valence-electron chi connectivity index (χ3n) is 5.18. The first-order chi connectivity index (χ1) is 16.3. The van der Waals surface area contributed by atoms with Gasteiger partial charge in [0.1, 0.15) is 13.2 Å². The normalized spacial score (nSPS) is 11.2. The molecule has 186 valence electrons. The molecular formula is C26H32F3NO4. The molecule has 0 radical (unpaired) electrons. The predicted molar refractivity (Wildman–Crippen MR) is 125 cm³/mol. The van der Waals surface area contributed by atoms with Crippen molar-refractivity contribution in [1.29, 1.82) is 0 Å². The standard InChI is InChI=1S/C26H32F3NO4/c1-2-3-4-5-6-7-8-16-24(31)33-17-18-34-25(32)22-14-9-10-15-23(22)30-21-13-11-12-20(19-21)26(27,28)29/h9-15,19,30H,2-8,16-18H2,1H3. The lowest BCUT2D eigenvalue weighted by molar-refractivity contribution is -0.144. The fraction of sp³-hybridized carbons (Fsp3) is 0.462. The van der Waals surface area contributed by atoms with Gasteiger partial charge in [-0.15, -0.1) is 0 Å². The second-order valence-corrected chi connectivity index (χ2v) is 7.98. The van der Waals surface area contributed by atoms with Gasteiger partial charge in [-0.2, -0.15) is 13.2 Å². The molecule has 0 aliphatic rings. The van der Waals surface area contributed by atoms with Gasteiger partial charge in [0, 0.05) is 12.1 Å². The van der Waals surface area contributed by atoms with Crippen LogP contribution in [0.4, 0.5) is 24.5 Å². The van der Waals surface area contributed by atoms with E-state index in [-0.39, 0.29) is 30.4 Å². The Hall–Kier alpha value is -3.03. The summed E-state index contributed by atoms with van der Waals surface area (Å²) in [5.41, 5.74) is -0.137. The Morgan fingerprint density at radius 3 is 2.26 bits per heavy atom. The lowest BCUT2D eigenvalue weighted by Crippen LogP contribution is -2.15. The minimum atomic E-state index is -4.47. The summed E-state index contributed by atoms with van der Waals surface area (Å²) in [4.78, 5) is 24.3. The van der Waals surface area contributed by atoms with Crippen LogP contribution in [0.3, 0.4) is 0 Å². The predicted octanol–water partition coefficient (Wildman–Crippen LogP) is 7.29. The van der Waals surface area contributed by atoms with Gasteiger partial charge >= 0.3 is 18.1 Å². The average Bonchev–Trinajstić information content (AvgIpc) is 2.81. The highest BCUT2D eigenvalue weighted by atomic mass is 19.4. The molecule has 2 aromatic carbocycles. The van der Waals surface area contributed by atoms with Crippen LogP contribution in [0, 0.1) is 0 Å². The van der Waals surface area contributed by atoms with Crippen molar-refractivity contribution < 1.29 is 32.2 Å². The van der Waals surface area contributed by atoms with E-state index in [1.807, 2.05) is 0 Å². The molecule has 0 aliphatic carbocycles. The summed E-state index contributed by atoms with van der Waals surface area (Å²) >= 11 is 0. The Labute approximate surface area is 198 Å². The van der Waals surface area contributed by atoms with Crippen LogP contribution in [0.15, 0.2) is 48.5 Å². The molecule has 0 saturated heterocycles. The van der Waals surface area contributed by atoms with Gasteiger partial charge in [-0.25, -0.2) is 4.79 Å². The second-order valence-electron chi connectivity index (χ2n) is 7.98. The van der Waals surface area contributed by atoms with Crippen molar-refractivity contribution >= 4 is 23.3 Å². The summed E-state index contributed by atoms with van der Waals surface area (Å²) in [7, 11) is 0. The highest BCUT2D eigenvalue weighted by Crippen LogP contribution is 2.32. The molecule has 0 unspecified atom stereocenters. The Morgan fingerprint density at radius 2 is 1.53 bits per heavy atom. The summed E-state index contributed by atoms with van der Waals surface area (Å²) in [6, 6.07) is 11.0. The lowest BCUT2D eigenvalue weighted by Gasteiger charge is -2.13. The van der Waals surface area contributed by atoms with E-state index < -0.39 is 17.7 Å². The summed E-state index contributed by atoms with van der Waals surface area (Å²) in [6.45, 7) is 2.01. The van der Waals surface area contributed by atoms with Gasteiger partial charge in [0.15, 0.2) is 0 Å². The zero-order chi connectivity index (χ0) is 24.8. The summed E-state index contributed by atoms with van der Waals surface area (Å²) in [6.07, 6.45) is 3.60. The first-order valence-electron chi connectivity index (χ1n) is 11.7. The third-order valence-corrected chi connectivity index (χ3v) is 5.18. The minimum Gasteiger partial charge on any atom is -0.462 e.